The number of nitrogens with one attached hydrogen (secondary N) is 1. The Morgan fingerprint density at radius 3 is 2.70 bits per heavy atom. The highest BCUT2D eigenvalue weighted by atomic mass is 16.7. The molecule has 2 aromatic rings. The number of carbonyl (C=O) groups excluding carboxylic acids is 1. The Kier molecular flexibility index (Phi) is 3.75. The molecule has 1 aromatic carbocycles. The molecule has 0 spiro atoms. The molecule has 6 heteroatoms. The predicted molar refractivity (Wildman–Crippen MR) is 84.4 cm³/mol. The Morgan fingerprint density at radius 1 is 1.22 bits per heavy atom. The van der Waals surface area contributed by atoms with Crippen LogP contribution in [0, 0.1) is 5.41 Å². The quantitative estimate of drug-likeness (QED) is 0.941. The molecule has 0 bridgehead atoms. The van der Waals surface area contributed by atoms with Gasteiger partial charge in [-0.05, 0) is 30.5 Å². The molecule has 3 rings (SSSR count). The van der Waals surface area contributed by atoms with Gasteiger partial charge in [-0.1, -0.05) is 25.9 Å². The fourth-order valence-electron chi connectivity index (χ4n) is 2.06. The molecule has 1 amide bonds. The Hall–Kier alpha value is -2.50. The molecule has 1 aliphatic heterocycles. The van der Waals surface area contributed by atoms with Crippen LogP contribution in [-0.4, -0.2) is 23.9 Å². The molecule has 0 aliphatic carbocycles. The zero-order valence-corrected chi connectivity index (χ0v) is 13.7. The van der Waals surface area contributed by atoms with Crippen LogP contribution in [0.15, 0.2) is 28.8 Å². The summed E-state index contributed by atoms with van der Waals surface area (Å²) in [5, 5.41) is 6.80. The van der Waals surface area contributed by atoms with Crippen LogP contribution in [0.5, 0.6) is 11.5 Å². The average Bonchev–Trinajstić information content (AvgIpc) is 3.14. The first-order chi connectivity index (χ1) is 10.8. The largest absolute Gasteiger partial charge is 0.454 e. The number of benzene rings is 1. The Balaban J connectivity index is 1.77. The first-order valence-corrected chi connectivity index (χ1v) is 7.52. The van der Waals surface area contributed by atoms with Gasteiger partial charge in [0, 0.05) is 17.7 Å². The molecule has 6 nitrogen and oxygen atoms in total. The van der Waals surface area contributed by atoms with Crippen molar-refractivity contribution in [2.24, 2.45) is 5.41 Å². The average molecular weight is 316 g/mol. The predicted octanol–water partition coefficient (Wildman–Crippen LogP) is 3.23. The molecule has 0 saturated carbocycles. The minimum atomic E-state index is -0.247. The van der Waals surface area contributed by atoms with Gasteiger partial charge in [-0.2, -0.15) is 0 Å². The zero-order valence-electron chi connectivity index (χ0n) is 13.7. The van der Waals surface area contributed by atoms with Crippen molar-refractivity contribution in [2.75, 3.05) is 6.79 Å². The molecule has 0 unspecified atom stereocenters. The van der Waals surface area contributed by atoms with Gasteiger partial charge >= 0.3 is 0 Å². The molecule has 1 N–H and O–H groups in total. The van der Waals surface area contributed by atoms with E-state index in [2.05, 4.69) is 31.2 Å². The first-order valence-electron chi connectivity index (χ1n) is 7.52. The lowest BCUT2D eigenvalue weighted by Gasteiger charge is -2.27. The van der Waals surface area contributed by atoms with E-state index in [1.165, 1.54) is 0 Å². The highest BCUT2D eigenvalue weighted by Crippen LogP contribution is 2.36. The number of ether oxygens (including phenoxy) is 2. The van der Waals surface area contributed by atoms with E-state index in [-0.39, 0.29) is 29.9 Å². The van der Waals surface area contributed by atoms with Crippen molar-refractivity contribution in [2.45, 2.75) is 33.7 Å². The number of fused-ring (bicyclic) bond motifs is 1. The minimum Gasteiger partial charge on any atom is -0.454 e. The van der Waals surface area contributed by atoms with Gasteiger partial charge in [0.05, 0.1) is 0 Å². The highest BCUT2D eigenvalue weighted by Gasteiger charge is 2.24. The second-order valence-corrected chi connectivity index (χ2v) is 6.71. The van der Waals surface area contributed by atoms with Gasteiger partial charge in [0.2, 0.25) is 6.79 Å². The summed E-state index contributed by atoms with van der Waals surface area (Å²) in [5.74, 6) is 1.62. The van der Waals surface area contributed by atoms with Crippen LogP contribution in [0.3, 0.4) is 0 Å². The molecule has 1 aliphatic rings. The molecule has 2 heterocycles. The third kappa shape index (κ3) is 3.16. The van der Waals surface area contributed by atoms with Crippen molar-refractivity contribution >= 4 is 5.91 Å². The van der Waals surface area contributed by atoms with E-state index in [0.29, 0.717) is 17.3 Å². The third-order valence-corrected chi connectivity index (χ3v) is 4.05. The SMILES string of the molecule is C[C@@H](NC(=O)c1cc(-c2ccc3c(c2)OCO3)on1)C(C)(C)C. The normalized spacial score (nSPS) is 14.6. The maximum atomic E-state index is 12.3. The van der Waals surface area contributed by atoms with E-state index in [4.69, 9.17) is 14.0 Å². The molecule has 1 aromatic heterocycles. The summed E-state index contributed by atoms with van der Waals surface area (Å²) >= 11 is 0. The standard InChI is InChI=1S/C17H20N2O4/c1-10(17(2,3)4)18-16(20)12-8-14(23-19-12)11-5-6-13-15(7-11)22-9-21-13/h5-8,10H,9H2,1-4H3,(H,18,20)/t10-/m1/s1. The molecule has 23 heavy (non-hydrogen) atoms. The monoisotopic (exact) mass is 316 g/mol. The van der Waals surface area contributed by atoms with E-state index < -0.39 is 0 Å². The van der Waals surface area contributed by atoms with Crippen LogP contribution in [0.4, 0.5) is 0 Å². The second-order valence-electron chi connectivity index (χ2n) is 6.71. The lowest BCUT2D eigenvalue weighted by atomic mass is 9.88. The van der Waals surface area contributed by atoms with Crippen LogP contribution in [-0.2, 0) is 0 Å². The fraction of sp³-hybridized carbons (Fsp3) is 0.412. The van der Waals surface area contributed by atoms with Crippen molar-refractivity contribution in [3.05, 3.63) is 30.0 Å². The van der Waals surface area contributed by atoms with Crippen LogP contribution < -0.4 is 14.8 Å². The summed E-state index contributed by atoms with van der Waals surface area (Å²) in [6.45, 7) is 8.39. The summed E-state index contributed by atoms with van der Waals surface area (Å²) in [5.41, 5.74) is 1.01. The number of aromatic nitrogens is 1. The van der Waals surface area contributed by atoms with E-state index in [9.17, 15) is 4.79 Å². The molecule has 1 atom stereocenters. The fourth-order valence-corrected chi connectivity index (χ4v) is 2.06. The van der Waals surface area contributed by atoms with Crippen LogP contribution in [0.2, 0.25) is 0 Å². The topological polar surface area (TPSA) is 73.6 Å². The van der Waals surface area contributed by atoms with Crippen LogP contribution in [0.1, 0.15) is 38.2 Å². The van der Waals surface area contributed by atoms with Crippen LogP contribution >= 0.6 is 0 Å². The summed E-state index contributed by atoms with van der Waals surface area (Å²) < 4.78 is 15.9. The van der Waals surface area contributed by atoms with Gasteiger partial charge in [0.25, 0.3) is 5.91 Å². The number of hydrogen-bond acceptors (Lipinski definition) is 5. The molecule has 122 valence electrons. The zero-order chi connectivity index (χ0) is 16.6. The number of carbonyl (C=O) groups is 1. The molecular formula is C17H20N2O4. The van der Waals surface area contributed by atoms with Crippen molar-refractivity contribution in [1.82, 2.24) is 10.5 Å². The highest BCUT2D eigenvalue weighted by molar-refractivity contribution is 5.93. The van der Waals surface area contributed by atoms with E-state index >= 15 is 0 Å². The van der Waals surface area contributed by atoms with Gasteiger partial charge in [0.1, 0.15) is 0 Å². The number of amides is 1. The number of nitrogens with zero attached hydrogens (tertiary/aromatic N) is 1. The lowest BCUT2D eigenvalue weighted by Crippen LogP contribution is -2.41. The van der Waals surface area contributed by atoms with Crippen molar-refractivity contribution in [1.29, 1.82) is 0 Å². The van der Waals surface area contributed by atoms with E-state index in [1.807, 2.05) is 25.1 Å². The van der Waals surface area contributed by atoms with Crippen molar-refractivity contribution in [3.8, 4) is 22.8 Å². The summed E-state index contributed by atoms with van der Waals surface area (Å²) in [4.78, 5) is 12.3. The Labute approximate surface area is 134 Å². The maximum Gasteiger partial charge on any atom is 0.273 e. The van der Waals surface area contributed by atoms with Gasteiger partial charge < -0.3 is 19.3 Å². The van der Waals surface area contributed by atoms with E-state index in [0.717, 1.165) is 5.56 Å². The third-order valence-electron chi connectivity index (χ3n) is 4.05. The first kappa shape index (κ1) is 15.4. The van der Waals surface area contributed by atoms with E-state index in [1.54, 1.807) is 6.07 Å². The van der Waals surface area contributed by atoms with Crippen LogP contribution in [0.25, 0.3) is 11.3 Å². The van der Waals surface area contributed by atoms with Gasteiger partial charge in [-0.15, -0.1) is 0 Å². The Bertz CT molecular complexity index is 730. The minimum absolute atomic E-state index is 0.0145. The van der Waals surface area contributed by atoms with Crippen molar-refractivity contribution in [3.63, 3.8) is 0 Å². The summed E-state index contributed by atoms with van der Waals surface area (Å²) in [6, 6.07) is 7.10. The molecule has 0 fully saturated rings. The van der Waals surface area contributed by atoms with Gasteiger partial charge in [0.15, 0.2) is 23.0 Å². The molecule has 0 saturated heterocycles. The Morgan fingerprint density at radius 2 is 1.96 bits per heavy atom. The summed E-state index contributed by atoms with van der Waals surface area (Å²) in [6.07, 6.45) is 0. The molecular weight excluding hydrogens is 296 g/mol. The smallest absolute Gasteiger partial charge is 0.273 e. The number of rotatable bonds is 3. The number of hydrogen-bond donors (Lipinski definition) is 1. The lowest BCUT2D eigenvalue weighted by molar-refractivity contribution is 0.0901. The summed E-state index contributed by atoms with van der Waals surface area (Å²) in [7, 11) is 0. The maximum absolute atomic E-state index is 12.3. The van der Waals surface area contributed by atoms with Gasteiger partial charge in [-0.25, -0.2) is 0 Å². The molecule has 0 radical (unpaired) electrons. The second kappa shape index (κ2) is 5.61. The van der Waals surface area contributed by atoms with Crippen molar-refractivity contribution < 1.29 is 18.8 Å². The van der Waals surface area contributed by atoms with Gasteiger partial charge in [-0.3, -0.25) is 4.79 Å².